The third kappa shape index (κ3) is 4.18. The average Bonchev–Trinajstić information content (AvgIpc) is 3.21. The van der Waals surface area contributed by atoms with Crippen LogP contribution in [0.1, 0.15) is 49.8 Å². The van der Waals surface area contributed by atoms with E-state index in [0.29, 0.717) is 17.6 Å². The van der Waals surface area contributed by atoms with E-state index in [1.807, 2.05) is 35.8 Å². The standard InChI is InChI=1S/C17H26N6O2/c1-4-14(16-19-12(2)25-21-16)20-17(24)23-8-5-6-13(11-23)10-15-18-7-9-22(15)3/h7,9,13-14H,4-6,8,10-11H2,1-3H3,(H,20,24)/t13-,14-/m0/s1. The number of amides is 2. The Morgan fingerprint density at radius 2 is 2.36 bits per heavy atom. The van der Waals surface area contributed by atoms with E-state index in [-0.39, 0.29) is 12.1 Å². The number of piperidine rings is 1. The average molecular weight is 346 g/mol. The first-order valence-corrected chi connectivity index (χ1v) is 8.88. The van der Waals surface area contributed by atoms with Crippen LogP contribution in [0.3, 0.4) is 0 Å². The molecular weight excluding hydrogens is 320 g/mol. The summed E-state index contributed by atoms with van der Waals surface area (Å²) in [4.78, 5) is 23.2. The quantitative estimate of drug-likeness (QED) is 0.897. The van der Waals surface area contributed by atoms with E-state index in [0.717, 1.165) is 44.6 Å². The summed E-state index contributed by atoms with van der Waals surface area (Å²) in [6.45, 7) is 5.28. The number of imidazole rings is 1. The van der Waals surface area contributed by atoms with Crippen molar-refractivity contribution in [3.8, 4) is 0 Å². The molecule has 0 aliphatic carbocycles. The van der Waals surface area contributed by atoms with Gasteiger partial charge in [0, 0.05) is 45.9 Å². The van der Waals surface area contributed by atoms with Crippen LogP contribution in [-0.4, -0.2) is 43.7 Å². The highest BCUT2D eigenvalue weighted by Gasteiger charge is 2.27. The number of aromatic nitrogens is 4. The van der Waals surface area contributed by atoms with Crippen molar-refractivity contribution < 1.29 is 9.32 Å². The highest BCUT2D eigenvalue weighted by atomic mass is 16.5. The first kappa shape index (κ1) is 17.4. The molecule has 0 unspecified atom stereocenters. The zero-order valence-corrected chi connectivity index (χ0v) is 15.1. The van der Waals surface area contributed by atoms with Gasteiger partial charge in [0.25, 0.3) is 0 Å². The fourth-order valence-electron chi connectivity index (χ4n) is 3.31. The van der Waals surface area contributed by atoms with E-state index < -0.39 is 0 Å². The first-order valence-electron chi connectivity index (χ1n) is 8.88. The number of nitrogens with one attached hydrogen (secondary N) is 1. The maximum absolute atomic E-state index is 12.7. The minimum Gasteiger partial charge on any atom is -0.340 e. The van der Waals surface area contributed by atoms with E-state index in [1.165, 1.54) is 0 Å². The van der Waals surface area contributed by atoms with Gasteiger partial charge in [-0.25, -0.2) is 9.78 Å². The van der Waals surface area contributed by atoms with E-state index in [1.54, 1.807) is 6.92 Å². The molecule has 0 saturated carbocycles. The summed E-state index contributed by atoms with van der Waals surface area (Å²) < 4.78 is 7.07. The number of hydrogen-bond acceptors (Lipinski definition) is 5. The SMILES string of the molecule is CC[C@H](NC(=O)N1CCC[C@@H](Cc2nccn2C)C1)c1noc(C)n1. The Morgan fingerprint density at radius 1 is 1.52 bits per heavy atom. The molecule has 0 aromatic carbocycles. The normalized spacial score (nSPS) is 19.0. The lowest BCUT2D eigenvalue weighted by Crippen LogP contribution is -2.47. The highest BCUT2D eigenvalue weighted by molar-refractivity contribution is 5.74. The molecule has 0 radical (unpaired) electrons. The van der Waals surface area contributed by atoms with Gasteiger partial charge >= 0.3 is 6.03 Å². The van der Waals surface area contributed by atoms with Crippen LogP contribution >= 0.6 is 0 Å². The molecule has 1 saturated heterocycles. The van der Waals surface area contributed by atoms with Crippen molar-refractivity contribution in [2.45, 2.75) is 45.6 Å². The second kappa shape index (κ2) is 7.67. The summed E-state index contributed by atoms with van der Waals surface area (Å²) in [5.41, 5.74) is 0. The van der Waals surface area contributed by atoms with Gasteiger partial charge in [0.1, 0.15) is 5.82 Å². The molecule has 2 atom stereocenters. The van der Waals surface area contributed by atoms with Gasteiger partial charge in [0.15, 0.2) is 5.82 Å². The number of likely N-dealkylation sites (tertiary alicyclic amines) is 1. The van der Waals surface area contributed by atoms with Crippen LogP contribution in [-0.2, 0) is 13.5 Å². The van der Waals surface area contributed by atoms with Gasteiger partial charge in [-0.15, -0.1) is 0 Å². The minimum atomic E-state index is -0.222. The van der Waals surface area contributed by atoms with Gasteiger partial charge in [-0.05, 0) is 25.2 Å². The summed E-state index contributed by atoms with van der Waals surface area (Å²) in [5.74, 6) is 2.56. The lowest BCUT2D eigenvalue weighted by molar-refractivity contribution is 0.160. The molecule has 8 heteroatoms. The van der Waals surface area contributed by atoms with Crippen LogP contribution in [0.15, 0.2) is 16.9 Å². The summed E-state index contributed by atoms with van der Waals surface area (Å²) in [6, 6.07) is -0.279. The molecule has 0 bridgehead atoms. The molecule has 2 aromatic rings. The molecular formula is C17H26N6O2. The van der Waals surface area contributed by atoms with Crippen molar-refractivity contribution in [2.75, 3.05) is 13.1 Å². The number of rotatable bonds is 5. The molecule has 1 aliphatic rings. The molecule has 25 heavy (non-hydrogen) atoms. The number of hydrogen-bond donors (Lipinski definition) is 1. The Balaban J connectivity index is 1.58. The summed E-state index contributed by atoms with van der Waals surface area (Å²) in [5, 5.41) is 6.97. The molecule has 8 nitrogen and oxygen atoms in total. The Kier molecular flexibility index (Phi) is 5.35. The zero-order chi connectivity index (χ0) is 17.8. The lowest BCUT2D eigenvalue weighted by Gasteiger charge is -2.33. The van der Waals surface area contributed by atoms with Crippen molar-refractivity contribution in [1.82, 2.24) is 29.9 Å². The summed E-state index contributed by atoms with van der Waals surface area (Å²) >= 11 is 0. The number of carbonyl (C=O) groups is 1. The fraction of sp³-hybridized carbons (Fsp3) is 0.647. The number of carbonyl (C=O) groups excluding carboxylic acids is 1. The van der Waals surface area contributed by atoms with E-state index in [2.05, 4.69) is 20.4 Å². The van der Waals surface area contributed by atoms with Crippen LogP contribution in [0.25, 0.3) is 0 Å². The molecule has 2 amide bonds. The van der Waals surface area contributed by atoms with Crippen LogP contribution in [0.2, 0.25) is 0 Å². The molecule has 1 aliphatic heterocycles. The largest absolute Gasteiger partial charge is 0.340 e. The number of aryl methyl sites for hydroxylation is 2. The minimum absolute atomic E-state index is 0.0566. The van der Waals surface area contributed by atoms with Crippen LogP contribution in [0.4, 0.5) is 4.79 Å². The third-order valence-electron chi connectivity index (χ3n) is 4.76. The Hall–Kier alpha value is -2.38. The Morgan fingerprint density at radius 3 is 3.00 bits per heavy atom. The van der Waals surface area contributed by atoms with E-state index >= 15 is 0 Å². The van der Waals surface area contributed by atoms with Crippen molar-refractivity contribution in [2.24, 2.45) is 13.0 Å². The monoisotopic (exact) mass is 346 g/mol. The van der Waals surface area contributed by atoms with Crippen molar-refractivity contribution in [1.29, 1.82) is 0 Å². The number of nitrogens with zero attached hydrogens (tertiary/aromatic N) is 5. The topological polar surface area (TPSA) is 89.1 Å². The maximum Gasteiger partial charge on any atom is 0.317 e. The lowest BCUT2D eigenvalue weighted by atomic mass is 9.94. The van der Waals surface area contributed by atoms with E-state index in [9.17, 15) is 4.79 Å². The molecule has 2 aromatic heterocycles. The van der Waals surface area contributed by atoms with Gasteiger partial charge in [-0.2, -0.15) is 4.98 Å². The van der Waals surface area contributed by atoms with Gasteiger partial charge in [-0.3, -0.25) is 0 Å². The smallest absolute Gasteiger partial charge is 0.317 e. The van der Waals surface area contributed by atoms with E-state index in [4.69, 9.17) is 4.52 Å². The molecule has 3 rings (SSSR count). The van der Waals surface area contributed by atoms with Crippen molar-refractivity contribution >= 4 is 6.03 Å². The van der Waals surface area contributed by atoms with Crippen LogP contribution in [0, 0.1) is 12.8 Å². The molecule has 136 valence electrons. The predicted octanol–water partition coefficient (Wildman–Crippen LogP) is 2.23. The molecule has 1 fully saturated rings. The second-order valence-corrected chi connectivity index (χ2v) is 6.69. The molecule has 1 N–H and O–H groups in total. The van der Waals surface area contributed by atoms with Gasteiger partial charge in [-0.1, -0.05) is 12.1 Å². The fourth-order valence-corrected chi connectivity index (χ4v) is 3.31. The predicted molar refractivity (Wildman–Crippen MR) is 91.8 cm³/mol. The highest BCUT2D eigenvalue weighted by Crippen LogP contribution is 2.21. The summed E-state index contributed by atoms with van der Waals surface area (Å²) in [7, 11) is 2.01. The first-order chi connectivity index (χ1) is 12.1. The van der Waals surface area contributed by atoms with Crippen LogP contribution < -0.4 is 5.32 Å². The van der Waals surface area contributed by atoms with Gasteiger partial charge in [0.2, 0.25) is 5.89 Å². The van der Waals surface area contributed by atoms with Gasteiger partial charge < -0.3 is 19.3 Å². The third-order valence-corrected chi connectivity index (χ3v) is 4.76. The van der Waals surface area contributed by atoms with Gasteiger partial charge in [0.05, 0.1) is 6.04 Å². The maximum atomic E-state index is 12.7. The molecule has 0 spiro atoms. The number of urea groups is 1. The van der Waals surface area contributed by atoms with Crippen molar-refractivity contribution in [3.63, 3.8) is 0 Å². The van der Waals surface area contributed by atoms with Crippen LogP contribution in [0.5, 0.6) is 0 Å². The summed E-state index contributed by atoms with van der Waals surface area (Å²) in [6.07, 6.45) is 7.53. The van der Waals surface area contributed by atoms with Crippen molar-refractivity contribution in [3.05, 3.63) is 29.9 Å². The second-order valence-electron chi connectivity index (χ2n) is 6.69. The zero-order valence-electron chi connectivity index (χ0n) is 15.1. The Bertz CT molecular complexity index is 710. The molecule has 3 heterocycles. The Labute approximate surface area is 147 Å².